The van der Waals surface area contributed by atoms with Gasteiger partial charge in [-0.3, -0.25) is 9.59 Å². The summed E-state index contributed by atoms with van der Waals surface area (Å²) in [6.45, 7) is 2.36. The highest BCUT2D eigenvalue weighted by Gasteiger charge is 2.24. The fraction of sp³-hybridized carbons (Fsp3) is 0.333. The summed E-state index contributed by atoms with van der Waals surface area (Å²) >= 11 is 18.3. The van der Waals surface area contributed by atoms with E-state index in [2.05, 4.69) is 10.6 Å². The zero-order valence-electron chi connectivity index (χ0n) is 15.6. The summed E-state index contributed by atoms with van der Waals surface area (Å²) in [4.78, 5) is 25.0. The van der Waals surface area contributed by atoms with E-state index in [-0.39, 0.29) is 11.8 Å². The molecule has 150 valence electrons. The molecule has 0 spiro atoms. The lowest BCUT2D eigenvalue weighted by Crippen LogP contribution is -2.48. The molecular weight excluding hydrogens is 419 g/mol. The molecule has 0 saturated heterocycles. The highest BCUT2D eigenvalue weighted by Crippen LogP contribution is 2.22. The maximum absolute atomic E-state index is 12.5. The first-order valence-electron chi connectivity index (χ1n) is 9.13. The third-order valence-electron chi connectivity index (χ3n) is 4.24. The molecule has 2 atom stereocenters. The van der Waals surface area contributed by atoms with E-state index in [4.69, 9.17) is 34.8 Å². The molecule has 2 unspecified atom stereocenters. The number of carbonyl (C=O) groups excluding carboxylic acids is 2. The first kappa shape index (κ1) is 22.5. The minimum Gasteiger partial charge on any atom is -0.354 e. The predicted molar refractivity (Wildman–Crippen MR) is 115 cm³/mol. The van der Waals surface area contributed by atoms with Crippen LogP contribution in [0.25, 0.3) is 0 Å². The summed E-state index contributed by atoms with van der Waals surface area (Å²) in [6.07, 6.45) is 1.84. The molecular formula is C21H23Cl3N2O2. The van der Waals surface area contributed by atoms with E-state index < -0.39 is 11.4 Å². The Balaban J connectivity index is 1.91. The van der Waals surface area contributed by atoms with Crippen molar-refractivity contribution in [2.45, 2.75) is 37.6 Å². The van der Waals surface area contributed by atoms with E-state index in [1.807, 2.05) is 31.2 Å². The van der Waals surface area contributed by atoms with Crippen LogP contribution in [0.2, 0.25) is 10.0 Å². The minimum atomic E-state index is -0.846. The number of hydrogen-bond acceptors (Lipinski definition) is 2. The molecule has 2 aromatic rings. The summed E-state index contributed by atoms with van der Waals surface area (Å²) in [6, 6.07) is 13.7. The topological polar surface area (TPSA) is 58.2 Å². The first-order chi connectivity index (χ1) is 13.4. The molecule has 2 aromatic carbocycles. The van der Waals surface area contributed by atoms with Crippen LogP contribution >= 0.6 is 34.8 Å². The predicted octanol–water partition coefficient (Wildman–Crippen LogP) is 4.92. The summed E-state index contributed by atoms with van der Waals surface area (Å²) in [5.74, 6) is -0.626. The van der Waals surface area contributed by atoms with Crippen molar-refractivity contribution in [3.05, 3.63) is 69.7 Å². The molecule has 0 aliphatic heterocycles. The van der Waals surface area contributed by atoms with E-state index in [0.29, 0.717) is 35.0 Å². The van der Waals surface area contributed by atoms with E-state index in [0.717, 1.165) is 12.0 Å². The number of benzene rings is 2. The van der Waals surface area contributed by atoms with Crippen LogP contribution in [0.5, 0.6) is 0 Å². The molecule has 2 N–H and O–H groups in total. The average molecular weight is 442 g/mol. The third-order valence-corrected chi connectivity index (χ3v) is 5.28. The number of amides is 2. The Kier molecular flexibility index (Phi) is 9.10. The Morgan fingerprint density at radius 3 is 2.39 bits per heavy atom. The number of carbonyl (C=O) groups is 2. The van der Waals surface area contributed by atoms with E-state index >= 15 is 0 Å². The third kappa shape index (κ3) is 6.69. The van der Waals surface area contributed by atoms with Gasteiger partial charge in [-0.05, 0) is 36.1 Å². The molecule has 0 fully saturated rings. The molecule has 0 aliphatic carbocycles. The van der Waals surface area contributed by atoms with Gasteiger partial charge < -0.3 is 10.6 Å². The second-order valence-corrected chi connectivity index (χ2v) is 7.68. The molecule has 2 amide bonds. The molecule has 7 heteroatoms. The summed E-state index contributed by atoms with van der Waals surface area (Å²) in [5, 5.41) is 5.89. The maximum atomic E-state index is 12.5. The molecule has 0 aliphatic rings. The van der Waals surface area contributed by atoms with Crippen LogP contribution in [0.1, 0.15) is 36.3 Å². The van der Waals surface area contributed by atoms with E-state index in [9.17, 15) is 9.59 Å². The van der Waals surface area contributed by atoms with Crippen LogP contribution in [0.15, 0.2) is 48.5 Å². The van der Waals surface area contributed by atoms with Crippen LogP contribution in [0.4, 0.5) is 0 Å². The quantitative estimate of drug-likeness (QED) is 0.543. The van der Waals surface area contributed by atoms with Gasteiger partial charge in [-0.25, -0.2) is 0 Å². The van der Waals surface area contributed by atoms with Crippen molar-refractivity contribution >= 4 is 46.6 Å². The Bertz CT molecular complexity index is 799. The number of hydrogen-bond donors (Lipinski definition) is 2. The van der Waals surface area contributed by atoms with E-state index in [1.165, 1.54) is 0 Å². The molecule has 4 nitrogen and oxygen atoms in total. The van der Waals surface area contributed by atoms with Crippen molar-refractivity contribution in [3.8, 4) is 0 Å². The molecule has 28 heavy (non-hydrogen) atoms. The summed E-state index contributed by atoms with van der Waals surface area (Å²) < 4.78 is 0. The second-order valence-electron chi connectivity index (χ2n) is 6.40. The standard InChI is InChI=1S/C21H23Cl3N2O2/c1-2-6-18(26-21(28)19(24)15-7-4-3-5-8-15)20(27)25-12-11-14-9-10-16(22)13-17(14)23/h3-5,7-10,13,18-19H,2,6,11-12H2,1H3,(H,25,27)(H,26,28). The monoisotopic (exact) mass is 440 g/mol. The lowest BCUT2D eigenvalue weighted by atomic mass is 10.1. The summed E-state index contributed by atoms with van der Waals surface area (Å²) in [5.41, 5.74) is 1.59. The molecule has 0 radical (unpaired) electrons. The molecule has 2 rings (SSSR count). The van der Waals surface area contributed by atoms with Gasteiger partial charge in [-0.15, -0.1) is 11.6 Å². The van der Waals surface area contributed by atoms with Crippen LogP contribution in [0, 0.1) is 0 Å². The first-order valence-corrected chi connectivity index (χ1v) is 10.3. The lowest BCUT2D eigenvalue weighted by Gasteiger charge is -2.20. The van der Waals surface area contributed by atoms with Gasteiger partial charge in [0.05, 0.1) is 0 Å². The fourth-order valence-corrected chi connectivity index (χ4v) is 3.46. The van der Waals surface area contributed by atoms with Crippen molar-refractivity contribution in [3.63, 3.8) is 0 Å². The van der Waals surface area contributed by atoms with Crippen molar-refractivity contribution in [1.29, 1.82) is 0 Å². The largest absolute Gasteiger partial charge is 0.354 e. The smallest absolute Gasteiger partial charge is 0.243 e. The highest BCUT2D eigenvalue weighted by molar-refractivity contribution is 6.35. The van der Waals surface area contributed by atoms with Gasteiger partial charge >= 0.3 is 0 Å². The van der Waals surface area contributed by atoms with Gasteiger partial charge in [0.2, 0.25) is 11.8 Å². The van der Waals surface area contributed by atoms with E-state index in [1.54, 1.807) is 24.3 Å². The van der Waals surface area contributed by atoms with Crippen molar-refractivity contribution < 1.29 is 9.59 Å². The molecule has 0 aromatic heterocycles. The Hall–Kier alpha value is -1.75. The fourth-order valence-electron chi connectivity index (χ4n) is 2.74. The van der Waals surface area contributed by atoms with Crippen molar-refractivity contribution in [2.24, 2.45) is 0 Å². The van der Waals surface area contributed by atoms with Gasteiger partial charge in [-0.2, -0.15) is 0 Å². The van der Waals surface area contributed by atoms with Gasteiger partial charge in [0.1, 0.15) is 11.4 Å². The highest BCUT2D eigenvalue weighted by atomic mass is 35.5. The summed E-state index contributed by atoms with van der Waals surface area (Å²) in [7, 11) is 0. The molecule has 0 bridgehead atoms. The second kappa shape index (κ2) is 11.3. The van der Waals surface area contributed by atoms with Crippen LogP contribution in [-0.4, -0.2) is 24.4 Å². The molecule has 0 heterocycles. The minimum absolute atomic E-state index is 0.239. The van der Waals surface area contributed by atoms with Crippen molar-refractivity contribution in [1.82, 2.24) is 10.6 Å². The van der Waals surface area contributed by atoms with Gasteiger partial charge in [0, 0.05) is 16.6 Å². The van der Waals surface area contributed by atoms with Crippen molar-refractivity contribution in [2.75, 3.05) is 6.54 Å². The Labute approximate surface area is 180 Å². The lowest BCUT2D eigenvalue weighted by molar-refractivity contribution is -0.129. The number of alkyl halides is 1. The number of halogens is 3. The Morgan fingerprint density at radius 2 is 1.75 bits per heavy atom. The van der Waals surface area contributed by atoms with Crippen LogP contribution in [0.3, 0.4) is 0 Å². The normalized spacial score (nSPS) is 12.9. The SMILES string of the molecule is CCCC(NC(=O)C(Cl)c1ccccc1)C(=O)NCCc1ccc(Cl)cc1Cl. The zero-order chi connectivity index (χ0) is 20.5. The molecule has 0 saturated carbocycles. The van der Waals surface area contributed by atoms with Gasteiger partial charge in [0.15, 0.2) is 0 Å². The number of nitrogens with one attached hydrogen (secondary N) is 2. The number of rotatable bonds is 9. The zero-order valence-corrected chi connectivity index (χ0v) is 17.8. The van der Waals surface area contributed by atoms with Gasteiger partial charge in [-0.1, -0.05) is 72.9 Å². The maximum Gasteiger partial charge on any atom is 0.243 e. The van der Waals surface area contributed by atoms with Gasteiger partial charge in [0.25, 0.3) is 0 Å². The average Bonchev–Trinajstić information content (AvgIpc) is 2.69. The Morgan fingerprint density at radius 1 is 1.04 bits per heavy atom. The van der Waals surface area contributed by atoms with Crippen LogP contribution < -0.4 is 10.6 Å². The van der Waals surface area contributed by atoms with Crippen LogP contribution in [-0.2, 0) is 16.0 Å².